The van der Waals surface area contributed by atoms with Crippen LogP contribution in [0.2, 0.25) is 5.22 Å². The first-order valence-electron chi connectivity index (χ1n) is 9.25. The third kappa shape index (κ3) is 4.34. The number of benzene rings is 1. The number of aromatic nitrogens is 1. The summed E-state index contributed by atoms with van der Waals surface area (Å²) in [6, 6.07) is 12.3. The molecular weight excluding hydrogens is 358 g/mol. The number of nitrogens with zero attached hydrogens (tertiary/aromatic N) is 2. The molecule has 0 spiro atoms. The molecule has 2 heterocycles. The lowest BCUT2D eigenvalue weighted by Crippen LogP contribution is -2.27. The van der Waals surface area contributed by atoms with Crippen molar-refractivity contribution >= 4 is 39.5 Å². The van der Waals surface area contributed by atoms with Crippen molar-refractivity contribution in [2.24, 2.45) is 0 Å². The minimum Gasteiger partial charge on any atom is -0.445 e. The van der Waals surface area contributed by atoms with Gasteiger partial charge in [0.2, 0.25) is 0 Å². The number of rotatable bonds is 7. The molecule has 0 aliphatic heterocycles. The molecule has 0 fully saturated rings. The number of likely N-dealkylation sites (N-methyl/N-ethyl adjacent to an activating group) is 2. The normalized spacial score (nSPS) is 12.3. The quantitative estimate of drug-likeness (QED) is 0.586. The Morgan fingerprint density at radius 3 is 2.63 bits per heavy atom. The van der Waals surface area contributed by atoms with Crippen molar-refractivity contribution < 1.29 is 4.42 Å². The fourth-order valence-corrected chi connectivity index (χ4v) is 3.49. The third-order valence-corrected chi connectivity index (χ3v) is 5.10. The van der Waals surface area contributed by atoms with E-state index in [9.17, 15) is 0 Å². The highest BCUT2D eigenvalue weighted by Gasteiger charge is 2.10. The molecule has 0 amide bonds. The van der Waals surface area contributed by atoms with Gasteiger partial charge in [-0.25, -0.2) is 4.98 Å². The molecule has 1 N–H and O–H groups in total. The largest absolute Gasteiger partial charge is 0.445 e. The van der Waals surface area contributed by atoms with Crippen molar-refractivity contribution in [3.63, 3.8) is 0 Å². The van der Waals surface area contributed by atoms with E-state index in [0.717, 1.165) is 41.9 Å². The van der Waals surface area contributed by atoms with Crippen LogP contribution in [-0.4, -0.2) is 32.2 Å². The van der Waals surface area contributed by atoms with Gasteiger partial charge >= 0.3 is 0 Å². The highest BCUT2D eigenvalue weighted by atomic mass is 35.5. The zero-order valence-electron chi connectivity index (χ0n) is 16.3. The topological polar surface area (TPSA) is 41.3 Å². The van der Waals surface area contributed by atoms with Crippen LogP contribution < -0.4 is 10.2 Å². The fraction of sp³-hybridized carbons (Fsp3) is 0.318. The predicted octanol–water partition coefficient (Wildman–Crippen LogP) is 5.48. The number of hydrogen-bond donors (Lipinski definition) is 1. The summed E-state index contributed by atoms with van der Waals surface area (Å²) < 4.78 is 5.48. The van der Waals surface area contributed by atoms with Gasteiger partial charge in [-0.2, -0.15) is 0 Å². The van der Waals surface area contributed by atoms with E-state index in [2.05, 4.69) is 60.4 Å². The molecule has 0 aliphatic carbocycles. The Labute approximate surface area is 165 Å². The molecule has 142 valence electrons. The van der Waals surface area contributed by atoms with Crippen LogP contribution in [0.1, 0.15) is 31.4 Å². The van der Waals surface area contributed by atoms with Gasteiger partial charge in [0.05, 0.1) is 0 Å². The lowest BCUT2D eigenvalue weighted by atomic mass is 9.94. The highest BCUT2D eigenvalue weighted by Crippen LogP contribution is 2.32. The summed E-state index contributed by atoms with van der Waals surface area (Å²) in [6.45, 7) is 6.19. The monoisotopic (exact) mass is 383 g/mol. The van der Waals surface area contributed by atoms with E-state index in [0.29, 0.717) is 5.22 Å². The van der Waals surface area contributed by atoms with Crippen molar-refractivity contribution in [3.05, 3.63) is 58.9 Å². The number of fused-ring (bicyclic) bond motifs is 1. The molecule has 27 heavy (non-hydrogen) atoms. The summed E-state index contributed by atoms with van der Waals surface area (Å²) in [7, 11) is 4.02. The first-order valence-corrected chi connectivity index (χ1v) is 9.62. The average molecular weight is 384 g/mol. The Kier molecular flexibility index (Phi) is 6.19. The molecule has 0 radical (unpaired) electrons. The van der Waals surface area contributed by atoms with E-state index in [-0.39, 0.29) is 0 Å². The molecule has 0 aliphatic rings. The molecule has 4 nitrogen and oxygen atoms in total. The Balaban J connectivity index is 1.91. The summed E-state index contributed by atoms with van der Waals surface area (Å²) in [5.41, 5.74) is 5.68. The van der Waals surface area contributed by atoms with Gasteiger partial charge in [0.15, 0.2) is 5.22 Å². The van der Waals surface area contributed by atoms with Crippen LogP contribution in [-0.2, 0) is 0 Å². The maximum Gasteiger partial charge on any atom is 0.194 e. The van der Waals surface area contributed by atoms with Gasteiger partial charge in [-0.05, 0) is 78.5 Å². The summed E-state index contributed by atoms with van der Waals surface area (Å²) in [5.74, 6) is 0.981. The van der Waals surface area contributed by atoms with Crippen molar-refractivity contribution in [2.45, 2.75) is 20.3 Å². The summed E-state index contributed by atoms with van der Waals surface area (Å²) >= 11 is 5.98. The molecule has 0 unspecified atom stereocenters. The maximum atomic E-state index is 5.98. The first-order chi connectivity index (χ1) is 13.0. The van der Waals surface area contributed by atoms with Gasteiger partial charge in [-0.3, -0.25) is 0 Å². The highest BCUT2D eigenvalue weighted by molar-refractivity contribution is 6.29. The second-order valence-corrected chi connectivity index (χ2v) is 7.06. The van der Waals surface area contributed by atoms with Crippen molar-refractivity contribution in [2.75, 3.05) is 32.1 Å². The lowest BCUT2D eigenvalue weighted by Gasteiger charge is -2.18. The number of halogens is 1. The molecule has 3 rings (SSSR count). The van der Waals surface area contributed by atoms with E-state index < -0.39 is 0 Å². The minimum atomic E-state index is 0.420. The van der Waals surface area contributed by atoms with Crippen LogP contribution in [0.25, 0.3) is 22.1 Å². The van der Waals surface area contributed by atoms with Gasteiger partial charge in [0, 0.05) is 37.8 Å². The van der Waals surface area contributed by atoms with Gasteiger partial charge in [-0.1, -0.05) is 13.0 Å². The van der Waals surface area contributed by atoms with Gasteiger partial charge in [0.1, 0.15) is 11.4 Å². The summed E-state index contributed by atoms with van der Waals surface area (Å²) in [6.07, 6.45) is 2.90. The third-order valence-electron chi connectivity index (χ3n) is 4.91. The number of pyridine rings is 1. The number of nitrogens with one attached hydrogen (secondary N) is 1. The average Bonchev–Trinajstić information content (AvgIpc) is 3.06. The van der Waals surface area contributed by atoms with Gasteiger partial charge < -0.3 is 14.6 Å². The van der Waals surface area contributed by atoms with Crippen LogP contribution in [0.5, 0.6) is 0 Å². The second kappa shape index (κ2) is 8.59. The van der Waals surface area contributed by atoms with Crippen LogP contribution in [0, 0.1) is 0 Å². The number of allylic oxidation sites excluding steroid dienone is 2. The van der Waals surface area contributed by atoms with Crippen LogP contribution in [0.3, 0.4) is 0 Å². The number of anilines is 1. The zero-order valence-corrected chi connectivity index (χ0v) is 17.1. The molecule has 0 atom stereocenters. The lowest BCUT2D eigenvalue weighted by molar-refractivity contribution is 0.618. The van der Waals surface area contributed by atoms with Crippen LogP contribution in [0.15, 0.2) is 47.0 Å². The standard InChI is InChI=1S/C22H26ClN3O/c1-5-19(16-6-8-20-18(12-16)13-21(23)27-20)15(2)17-7-9-22(25-14-17)26(4)11-10-24-3/h6-9,12-14,24H,5,10-11H2,1-4H3/b19-15-. The smallest absolute Gasteiger partial charge is 0.194 e. The Morgan fingerprint density at radius 1 is 1.19 bits per heavy atom. The Bertz CT molecular complexity index is 944. The van der Waals surface area contributed by atoms with Gasteiger partial charge in [-0.15, -0.1) is 0 Å². The van der Waals surface area contributed by atoms with E-state index in [1.807, 2.05) is 25.4 Å². The summed E-state index contributed by atoms with van der Waals surface area (Å²) in [4.78, 5) is 6.80. The van der Waals surface area contributed by atoms with Crippen LogP contribution in [0.4, 0.5) is 5.82 Å². The van der Waals surface area contributed by atoms with Crippen molar-refractivity contribution in [1.29, 1.82) is 0 Å². The number of furan rings is 1. The molecule has 0 bridgehead atoms. The molecule has 3 aromatic rings. The molecular formula is C22H26ClN3O. The minimum absolute atomic E-state index is 0.420. The van der Waals surface area contributed by atoms with E-state index >= 15 is 0 Å². The predicted molar refractivity (Wildman–Crippen MR) is 115 cm³/mol. The molecule has 5 heteroatoms. The van der Waals surface area contributed by atoms with E-state index in [4.69, 9.17) is 16.0 Å². The first kappa shape index (κ1) is 19.5. The van der Waals surface area contributed by atoms with Gasteiger partial charge in [0.25, 0.3) is 0 Å². The zero-order chi connectivity index (χ0) is 19.4. The van der Waals surface area contributed by atoms with E-state index in [1.54, 1.807) is 0 Å². The summed E-state index contributed by atoms with van der Waals surface area (Å²) in [5, 5.41) is 4.60. The van der Waals surface area contributed by atoms with Crippen molar-refractivity contribution in [1.82, 2.24) is 10.3 Å². The molecule has 0 saturated carbocycles. The Hall–Kier alpha value is -2.30. The Morgan fingerprint density at radius 2 is 1.96 bits per heavy atom. The van der Waals surface area contributed by atoms with Crippen LogP contribution >= 0.6 is 11.6 Å². The second-order valence-electron chi connectivity index (χ2n) is 6.69. The fourth-order valence-electron chi connectivity index (χ4n) is 3.29. The number of hydrogen-bond acceptors (Lipinski definition) is 4. The SMILES string of the molecule is CC/C(=C(\C)c1ccc(N(C)CCNC)nc1)c1ccc2oc(Cl)cc2c1. The van der Waals surface area contributed by atoms with Crippen molar-refractivity contribution in [3.8, 4) is 0 Å². The maximum absolute atomic E-state index is 5.98. The van der Waals surface area contributed by atoms with E-state index in [1.165, 1.54) is 16.7 Å². The molecule has 0 saturated heterocycles. The molecule has 1 aromatic carbocycles. The molecule has 2 aromatic heterocycles.